The van der Waals surface area contributed by atoms with Crippen LogP contribution in [0.5, 0.6) is 0 Å². The molecule has 0 aliphatic rings. The normalized spacial score (nSPS) is 12.7. The molecule has 2 N–H and O–H groups in total. The van der Waals surface area contributed by atoms with Crippen molar-refractivity contribution in [2.45, 2.75) is 40.2 Å². The number of rotatable bonds is 3. The fraction of sp³-hybridized carbons (Fsp3) is 0.429. The van der Waals surface area contributed by atoms with Gasteiger partial charge in [-0.3, -0.25) is 0 Å². The van der Waals surface area contributed by atoms with Gasteiger partial charge in [-0.15, -0.1) is 0 Å². The Morgan fingerprint density at radius 1 is 1.33 bits per heavy atom. The Kier molecular flexibility index (Phi) is 3.48. The lowest BCUT2D eigenvalue weighted by Gasteiger charge is -2.07. The van der Waals surface area contributed by atoms with Crippen molar-refractivity contribution in [3.8, 4) is 5.82 Å². The highest BCUT2D eigenvalue weighted by molar-refractivity contribution is 5.33. The van der Waals surface area contributed by atoms with Crippen molar-refractivity contribution in [2.75, 3.05) is 0 Å². The molecule has 0 fully saturated rings. The van der Waals surface area contributed by atoms with Crippen molar-refractivity contribution in [1.82, 2.24) is 14.8 Å². The maximum atomic E-state index is 5.82. The van der Waals surface area contributed by atoms with Gasteiger partial charge in [-0.2, -0.15) is 5.10 Å². The lowest BCUT2D eigenvalue weighted by atomic mass is 10.1. The van der Waals surface area contributed by atoms with E-state index in [2.05, 4.69) is 23.9 Å². The summed E-state index contributed by atoms with van der Waals surface area (Å²) in [6, 6.07) is 3.99. The van der Waals surface area contributed by atoms with E-state index in [0.29, 0.717) is 0 Å². The van der Waals surface area contributed by atoms with Crippen LogP contribution in [0.2, 0.25) is 0 Å². The molecule has 0 bridgehead atoms. The molecule has 0 saturated carbocycles. The maximum absolute atomic E-state index is 5.82. The average Bonchev–Trinajstić information content (AvgIpc) is 2.64. The molecule has 18 heavy (non-hydrogen) atoms. The van der Waals surface area contributed by atoms with Crippen molar-refractivity contribution in [2.24, 2.45) is 5.73 Å². The van der Waals surface area contributed by atoms with E-state index in [1.165, 1.54) is 5.56 Å². The van der Waals surface area contributed by atoms with Gasteiger partial charge in [-0.25, -0.2) is 9.67 Å². The molecule has 0 radical (unpaired) electrons. The number of nitrogens with zero attached hydrogens (tertiary/aromatic N) is 3. The third kappa shape index (κ3) is 2.16. The largest absolute Gasteiger partial charge is 0.324 e. The van der Waals surface area contributed by atoms with Crippen LogP contribution in [0.4, 0.5) is 0 Å². The van der Waals surface area contributed by atoms with E-state index in [-0.39, 0.29) is 6.04 Å². The predicted molar refractivity (Wildman–Crippen MR) is 72.8 cm³/mol. The van der Waals surface area contributed by atoms with Crippen molar-refractivity contribution < 1.29 is 0 Å². The SMILES string of the molecule is CCc1c(C)nn(-c2ccc(C(C)N)cn2)c1C. The molecular formula is C14H20N4. The van der Waals surface area contributed by atoms with Crippen molar-refractivity contribution in [3.63, 3.8) is 0 Å². The Morgan fingerprint density at radius 2 is 2.06 bits per heavy atom. The van der Waals surface area contributed by atoms with Gasteiger partial charge < -0.3 is 5.73 Å². The van der Waals surface area contributed by atoms with Crippen molar-refractivity contribution in [3.05, 3.63) is 40.8 Å². The van der Waals surface area contributed by atoms with Gasteiger partial charge in [0.2, 0.25) is 0 Å². The Hall–Kier alpha value is -1.68. The lowest BCUT2D eigenvalue weighted by molar-refractivity contribution is 0.782. The first-order chi connectivity index (χ1) is 8.54. The van der Waals surface area contributed by atoms with E-state index >= 15 is 0 Å². The van der Waals surface area contributed by atoms with Crippen LogP contribution in [0, 0.1) is 13.8 Å². The summed E-state index contributed by atoms with van der Waals surface area (Å²) < 4.78 is 1.90. The van der Waals surface area contributed by atoms with E-state index < -0.39 is 0 Å². The van der Waals surface area contributed by atoms with E-state index in [0.717, 1.165) is 29.2 Å². The third-order valence-electron chi connectivity index (χ3n) is 3.31. The summed E-state index contributed by atoms with van der Waals surface area (Å²) in [7, 11) is 0. The van der Waals surface area contributed by atoms with Gasteiger partial charge in [-0.1, -0.05) is 13.0 Å². The highest BCUT2D eigenvalue weighted by Gasteiger charge is 2.12. The summed E-state index contributed by atoms with van der Waals surface area (Å²) in [4.78, 5) is 4.44. The monoisotopic (exact) mass is 244 g/mol. The standard InChI is InChI=1S/C14H20N4/c1-5-13-10(3)17-18(11(13)4)14-7-6-12(8-16-14)9(2)15/h6-9H,5,15H2,1-4H3. The predicted octanol–water partition coefficient (Wildman–Crippen LogP) is 2.47. The van der Waals surface area contributed by atoms with Crippen LogP contribution >= 0.6 is 0 Å². The van der Waals surface area contributed by atoms with Crippen LogP contribution in [0.1, 0.15) is 42.4 Å². The van der Waals surface area contributed by atoms with Crippen LogP contribution in [0.25, 0.3) is 5.82 Å². The van der Waals surface area contributed by atoms with Gasteiger partial charge in [0, 0.05) is 17.9 Å². The van der Waals surface area contributed by atoms with E-state index in [1.54, 1.807) is 0 Å². The Bertz CT molecular complexity index is 538. The van der Waals surface area contributed by atoms with E-state index in [4.69, 9.17) is 5.73 Å². The molecule has 4 nitrogen and oxygen atoms in total. The number of aromatic nitrogens is 3. The molecule has 4 heteroatoms. The Morgan fingerprint density at radius 3 is 2.50 bits per heavy atom. The summed E-state index contributed by atoms with van der Waals surface area (Å²) in [5, 5.41) is 4.55. The Labute approximate surface area is 108 Å². The van der Waals surface area contributed by atoms with Gasteiger partial charge in [0.1, 0.15) is 0 Å². The quantitative estimate of drug-likeness (QED) is 0.902. The molecule has 0 aromatic carbocycles. The zero-order valence-corrected chi connectivity index (χ0v) is 11.4. The molecule has 0 aliphatic heterocycles. The second kappa shape index (κ2) is 4.90. The highest BCUT2D eigenvalue weighted by Crippen LogP contribution is 2.18. The van der Waals surface area contributed by atoms with Crippen LogP contribution in [0.15, 0.2) is 18.3 Å². The summed E-state index contributed by atoms with van der Waals surface area (Å²) in [6.07, 6.45) is 2.82. The smallest absolute Gasteiger partial charge is 0.153 e. The number of pyridine rings is 1. The molecule has 0 amide bonds. The highest BCUT2D eigenvalue weighted by atomic mass is 15.3. The summed E-state index contributed by atoms with van der Waals surface area (Å²) in [5.74, 6) is 0.847. The summed E-state index contributed by atoms with van der Waals surface area (Å²) >= 11 is 0. The van der Waals surface area contributed by atoms with Crippen LogP contribution < -0.4 is 5.73 Å². The van der Waals surface area contributed by atoms with Gasteiger partial charge in [0.25, 0.3) is 0 Å². The second-order valence-electron chi connectivity index (χ2n) is 4.65. The summed E-state index contributed by atoms with van der Waals surface area (Å²) in [6.45, 7) is 8.22. The molecule has 1 atom stereocenters. The van der Waals surface area contributed by atoms with Gasteiger partial charge in [0.05, 0.1) is 5.69 Å². The number of hydrogen-bond donors (Lipinski definition) is 1. The molecule has 2 aromatic rings. The minimum Gasteiger partial charge on any atom is -0.324 e. The zero-order chi connectivity index (χ0) is 13.3. The molecular weight excluding hydrogens is 224 g/mol. The first-order valence-electron chi connectivity index (χ1n) is 6.31. The second-order valence-corrected chi connectivity index (χ2v) is 4.65. The number of aryl methyl sites for hydroxylation is 1. The molecule has 2 rings (SSSR count). The molecule has 96 valence electrons. The van der Waals surface area contributed by atoms with Gasteiger partial charge >= 0.3 is 0 Å². The molecule has 2 heterocycles. The molecule has 0 saturated heterocycles. The molecule has 0 spiro atoms. The van der Waals surface area contributed by atoms with Crippen LogP contribution in [0.3, 0.4) is 0 Å². The summed E-state index contributed by atoms with van der Waals surface area (Å²) in [5.41, 5.74) is 10.4. The van der Waals surface area contributed by atoms with Crippen LogP contribution in [-0.4, -0.2) is 14.8 Å². The Balaban J connectivity index is 2.43. The zero-order valence-electron chi connectivity index (χ0n) is 11.4. The van der Waals surface area contributed by atoms with Crippen molar-refractivity contribution >= 4 is 0 Å². The molecule has 0 aliphatic carbocycles. The minimum atomic E-state index is 0.0122. The lowest BCUT2D eigenvalue weighted by Crippen LogP contribution is -2.07. The number of hydrogen-bond acceptors (Lipinski definition) is 3. The van der Waals surface area contributed by atoms with E-state index in [9.17, 15) is 0 Å². The fourth-order valence-corrected chi connectivity index (χ4v) is 2.20. The molecule has 1 unspecified atom stereocenters. The minimum absolute atomic E-state index is 0.0122. The first-order valence-corrected chi connectivity index (χ1v) is 6.31. The topological polar surface area (TPSA) is 56.7 Å². The average molecular weight is 244 g/mol. The first kappa shape index (κ1) is 12.8. The maximum Gasteiger partial charge on any atom is 0.153 e. The third-order valence-corrected chi connectivity index (χ3v) is 3.31. The van der Waals surface area contributed by atoms with E-state index in [1.807, 2.05) is 36.9 Å². The van der Waals surface area contributed by atoms with Gasteiger partial charge in [-0.05, 0) is 44.4 Å². The fourth-order valence-electron chi connectivity index (χ4n) is 2.20. The van der Waals surface area contributed by atoms with Gasteiger partial charge in [0.15, 0.2) is 5.82 Å². The number of nitrogens with two attached hydrogens (primary N) is 1. The van der Waals surface area contributed by atoms with Crippen LogP contribution in [-0.2, 0) is 6.42 Å². The van der Waals surface area contributed by atoms with Crippen molar-refractivity contribution in [1.29, 1.82) is 0 Å². The molecule has 2 aromatic heterocycles.